The van der Waals surface area contributed by atoms with Gasteiger partial charge in [-0.25, -0.2) is 12.7 Å². The molecule has 0 saturated heterocycles. The molecule has 30 heavy (non-hydrogen) atoms. The molecule has 1 aliphatic rings. The first kappa shape index (κ1) is 21.8. The summed E-state index contributed by atoms with van der Waals surface area (Å²) < 4.78 is 31.1. The number of methoxy groups -OCH3 is 1. The Kier molecular flexibility index (Phi) is 6.42. The molecule has 160 valence electrons. The number of carbonyl (C=O) groups is 2. The van der Waals surface area contributed by atoms with Crippen LogP contribution in [0, 0.1) is 5.92 Å². The molecule has 2 aromatic carbocycles. The van der Waals surface area contributed by atoms with E-state index in [2.05, 4.69) is 10.6 Å². The Bertz CT molecular complexity index is 1070. The number of carbonyl (C=O) groups excluding carboxylic acids is 2. The van der Waals surface area contributed by atoms with E-state index in [0.29, 0.717) is 18.6 Å². The standard InChI is InChI=1S/C21H25N3O5S/c1-24(2)30(27,28)16-9-10-19(29-3)18(13-16)22-20(25)11-8-15-12-14-6-4-5-7-17(14)23-21(15)26/h4-7,9-10,13,15H,8,11-12H2,1-3H3,(H,22,25)(H,23,26). The van der Waals surface area contributed by atoms with Gasteiger partial charge in [0.15, 0.2) is 0 Å². The van der Waals surface area contributed by atoms with Crippen LogP contribution in [0.3, 0.4) is 0 Å². The first-order valence-corrected chi connectivity index (χ1v) is 11.0. The van der Waals surface area contributed by atoms with Crippen LogP contribution in [0.4, 0.5) is 11.4 Å². The second-order valence-electron chi connectivity index (χ2n) is 7.28. The number of nitrogens with zero attached hydrogens (tertiary/aromatic N) is 1. The number of benzene rings is 2. The molecule has 8 nitrogen and oxygen atoms in total. The number of nitrogens with one attached hydrogen (secondary N) is 2. The lowest BCUT2D eigenvalue weighted by Crippen LogP contribution is -2.30. The fourth-order valence-electron chi connectivity index (χ4n) is 3.32. The highest BCUT2D eigenvalue weighted by atomic mass is 32.2. The summed E-state index contributed by atoms with van der Waals surface area (Å²) in [4.78, 5) is 24.9. The van der Waals surface area contributed by atoms with E-state index >= 15 is 0 Å². The van der Waals surface area contributed by atoms with Crippen molar-refractivity contribution in [1.82, 2.24) is 4.31 Å². The van der Waals surface area contributed by atoms with Crippen molar-refractivity contribution in [3.63, 3.8) is 0 Å². The van der Waals surface area contributed by atoms with Gasteiger partial charge in [-0.1, -0.05) is 18.2 Å². The maximum absolute atomic E-state index is 12.5. The molecule has 9 heteroatoms. The number of sulfonamides is 1. The van der Waals surface area contributed by atoms with Crippen molar-refractivity contribution >= 4 is 33.2 Å². The third kappa shape index (κ3) is 4.63. The Hall–Kier alpha value is -2.91. The molecule has 0 saturated carbocycles. The summed E-state index contributed by atoms with van der Waals surface area (Å²) in [6.45, 7) is 0. The monoisotopic (exact) mass is 431 g/mol. The van der Waals surface area contributed by atoms with E-state index in [-0.39, 0.29) is 34.7 Å². The highest BCUT2D eigenvalue weighted by Gasteiger charge is 2.26. The summed E-state index contributed by atoms with van der Waals surface area (Å²) in [5, 5.41) is 5.58. The number of amides is 2. The van der Waals surface area contributed by atoms with E-state index in [4.69, 9.17) is 4.74 Å². The zero-order valence-corrected chi connectivity index (χ0v) is 18.0. The Morgan fingerprint density at radius 1 is 1.23 bits per heavy atom. The summed E-state index contributed by atoms with van der Waals surface area (Å²) in [5.41, 5.74) is 2.13. The lowest BCUT2D eigenvalue weighted by atomic mass is 9.89. The molecule has 3 rings (SSSR count). The van der Waals surface area contributed by atoms with Crippen LogP contribution in [0.2, 0.25) is 0 Å². The second kappa shape index (κ2) is 8.85. The second-order valence-corrected chi connectivity index (χ2v) is 9.44. The predicted octanol–water partition coefficient (Wildman–Crippen LogP) is 2.48. The lowest BCUT2D eigenvalue weighted by molar-refractivity contribution is -0.121. The van der Waals surface area contributed by atoms with Crippen molar-refractivity contribution in [2.24, 2.45) is 5.92 Å². The van der Waals surface area contributed by atoms with Gasteiger partial charge in [0.2, 0.25) is 21.8 Å². The summed E-state index contributed by atoms with van der Waals surface area (Å²) in [7, 11) is 0.659. The van der Waals surface area contributed by atoms with Crippen molar-refractivity contribution in [2.75, 3.05) is 31.8 Å². The number of para-hydroxylation sites is 1. The van der Waals surface area contributed by atoms with Crippen LogP contribution in [0.1, 0.15) is 18.4 Å². The Morgan fingerprint density at radius 2 is 1.97 bits per heavy atom. The van der Waals surface area contributed by atoms with Crippen LogP contribution in [0.25, 0.3) is 0 Å². The van der Waals surface area contributed by atoms with Crippen molar-refractivity contribution in [1.29, 1.82) is 0 Å². The largest absolute Gasteiger partial charge is 0.495 e. The van der Waals surface area contributed by atoms with Gasteiger partial charge in [-0.15, -0.1) is 0 Å². The minimum absolute atomic E-state index is 0.0480. The molecule has 0 fully saturated rings. The third-order valence-corrected chi connectivity index (χ3v) is 6.87. The maximum Gasteiger partial charge on any atom is 0.242 e. The Morgan fingerprint density at radius 3 is 2.67 bits per heavy atom. The van der Waals surface area contributed by atoms with Crippen molar-refractivity contribution in [2.45, 2.75) is 24.2 Å². The molecule has 1 aliphatic heterocycles. The normalized spacial score (nSPS) is 16.0. The van der Waals surface area contributed by atoms with Gasteiger partial charge in [0.25, 0.3) is 0 Å². The van der Waals surface area contributed by atoms with E-state index in [1.54, 1.807) is 0 Å². The van der Waals surface area contributed by atoms with Gasteiger partial charge < -0.3 is 15.4 Å². The van der Waals surface area contributed by atoms with E-state index in [1.807, 2.05) is 24.3 Å². The summed E-state index contributed by atoms with van der Waals surface area (Å²) in [6.07, 6.45) is 1.08. The number of rotatable bonds is 7. The fraction of sp³-hybridized carbons (Fsp3) is 0.333. The molecule has 1 atom stereocenters. The van der Waals surface area contributed by atoms with Crippen LogP contribution < -0.4 is 15.4 Å². The van der Waals surface area contributed by atoms with Crippen molar-refractivity contribution in [3.8, 4) is 5.75 Å². The topological polar surface area (TPSA) is 105 Å². The molecular formula is C21H25N3O5S. The van der Waals surface area contributed by atoms with Crippen LogP contribution in [-0.4, -0.2) is 45.7 Å². The zero-order valence-electron chi connectivity index (χ0n) is 17.1. The average molecular weight is 432 g/mol. The molecule has 1 unspecified atom stereocenters. The SMILES string of the molecule is COc1ccc(S(=O)(=O)N(C)C)cc1NC(=O)CCC1Cc2ccccc2NC1=O. The average Bonchev–Trinajstić information content (AvgIpc) is 2.72. The molecular weight excluding hydrogens is 406 g/mol. The van der Waals surface area contributed by atoms with E-state index in [1.165, 1.54) is 39.4 Å². The number of fused-ring (bicyclic) bond motifs is 1. The minimum atomic E-state index is -3.65. The molecule has 0 spiro atoms. The summed E-state index contributed by atoms with van der Waals surface area (Å²) in [5.74, 6) is -0.365. The molecule has 2 N–H and O–H groups in total. The quantitative estimate of drug-likeness (QED) is 0.701. The van der Waals surface area contributed by atoms with Gasteiger partial charge in [-0.2, -0.15) is 0 Å². The first-order chi connectivity index (χ1) is 14.2. The van der Waals surface area contributed by atoms with E-state index in [9.17, 15) is 18.0 Å². The Labute approximate surface area is 176 Å². The number of hydrogen-bond donors (Lipinski definition) is 2. The zero-order chi connectivity index (χ0) is 21.9. The van der Waals surface area contributed by atoms with Gasteiger partial charge in [0.1, 0.15) is 5.75 Å². The molecule has 0 aliphatic carbocycles. The van der Waals surface area contributed by atoms with Gasteiger partial charge in [0, 0.05) is 32.1 Å². The summed E-state index contributed by atoms with van der Waals surface area (Å²) in [6, 6.07) is 11.9. The molecule has 0 radical (unpaired) electrons. The Balaban J connectivity index is 1.68. The van der Waals surface area contributed by atoms with Gasteiger partial charge in [-0.05, 0) is 42.7 Å². The number of ether oxygens (including phenoxy) is 1. The lowest BCUT2D eigenvalue weighted by Gasteiger charge is -2.24. The van der Waals surface area contributed by atoms with Crippen LogP contribution in [0.5, 0.6) is 5.75 Å². The molecule has 2 aromatic rings. The molecule has 2 amide bonds. The smallest absolute Gasteiger partial charge is 0.242 e. The van der Waals surface area contributed by atoms with E-state index in [0.717, 1.165) is 15.6 Å². The van der Waals surface area contributed by atoms with E-state index < -0.39 is 10.0 Å². The fourth-order valence-corrected chi connectivity index (χ4v) is 4.25. The predicted molar refractivity (Wildman–Crippen MR) is 114 cm³/mol. The maximum atomic E-state index is 12.5. The van der Waals surface area contributed by atoms with Gasteiger partial charge >= 0.3 is 0 Å². The molecule has 0 bridgehead atoms. The van der Waals surface area contributed by atoms with Gasteiger partial charge in [-0.3, -0.25) is 9.59 Å². The van der Waals surface area contributed by atoms with Crippen LogP contribution >= 0.6 is 0 Å². The molecule has 1 heterocycles. The van der Waals surface area contributed by atoms with Crippen LogP contribution in [0.15, 0.2) is 47.4 Å². The van der Waals surface area contributed by atoms with Crippen LogP contribution in [-0.2, 0) is 26.0 Å². The number of hydrogen-bond acceptors (Lipinski definition) is 5. The third-order valence-electron chi connectivity index (χ3n) is 5.06. The highest BCUT2D eigenvalue weighted by Crippen LogP contribution is 2.30. The summed E-state index contributed by atoms with van der Waals surface area (Å²) >= 11 is 0. The molecule has 0 aromatic heterocycles. The number of anilines is 2. The minimum Gasteiger partial charge on any atom is -0.495 e. The highest BCUT2D eigenvalue weighted by molar-refractivity contribution is 7.89. The first-order valence-electron chi connectivity index (χ1n) is 9.51. The van der Waals surface area contributed by atoms with Gasteiger partial charge in [0.05, 0.1) is 17.7 Å². The van der Waals surface area contributed by atoms with Crippen molar-refractivity contribution in [3.05, 3.63) is 48.0 Å². The van der Waals surface area contributed by atoms with Crippen molar-refractivity contribution < 1.29 is 22.7 Å².